The van der Waals surface area contributed by atoms with E-state index in [4.69, 9.17) is 9.47 Å². The van der Waals surface area contributed by atoms with Gasteiger partial charge < -0.3 is 24.8 Å². The lowest BCUT2D eigenvalue weighted by Crippen LogP contribution is -2.80. The first-order valence-electron chi connectivity index (χ1n) is 7.66. The lowest BCUT2D eigenvalue weighted by atomic mass is 9.44. The van der Waals surface area contributed by atoms with E-state index >= 15 is 0 Å². The molecule has 7 atom stereocenters. The fourth-order valence-electron chi connectivity index (χ4n) is 5.66. The molecule has 0 amide bonds. The van der Waals surface area contributed by atoms with Gasteiger partial charge in [0.05, 0.1) is 11.0 Å². The highest BCUT2D eigenvalue weighted by Crippen LogP contribution is 2.71. The molecule has 2 saturated heterocycles. The SMILES string of the molecule is C[C@@H]1CC[C@@]2(O)[C@@]13C[C@@H](OC(=O)[C@@H]3O)[C@]1(O)C(=O)OC[C@]21C. The third-order valence-corrected chi connectivity index (χ3v) is 7.10. The zero-order valence-electron chi connectivity index (χ0n) is 12.5. The first kappa shape index (κ1) is 14.4. The Balaban J connectivity index is 2.01. The van der Waals surface area contributed by atoms with E-state index in [0.717, 1.165) is 0 Å². The van der Waals surface area contributed by atoms with Crippen LogP contribution in [0, 0.1) is 16.7 Å². The highest BCUT2D eigenvalue weighted by Gasteiger charge is 2.85. The van der Waals surface area contributed by atoms with Crippen molar-refractivity contribution in [3.8, 4) is 0 Å². The normalized spacial score (nSPS) is 59.6. The molecule has 122 valence electrons. The zero-order valence-corrected chi connectivity index (χ0v) is 12.5. The summed E-state index contributed by atoms with van der Waals surface area (Å²) in [5.74, 6) is -1.90. The third-order valence-electron chi connectivity index (χ3n) is 7.10. The van der Waals surface area contributed by atoms with Gasteiger partial charge in [0.1, 0.15) is 12.7 Å². The molecule has 2 heterocycles. The van der Waals surface area contributed by atoms with Crippen molar-refractivity contribution >= 4 is 11.9 Å². The standard InChI is InChI=1S/C15H20O7/c1-7-3-4-14(19)12(2)6-21-11(18)15(12,20)8-5-13(7,14)9(16)10(17)22-8/h7-9,16,19-20H,3-6H2,1-2H3/t7-,8-,9+,12-,13+,14+,15+/m1/s1. The van der Waals surface area contributed by atoms with Gasteiger partial charge in [-0.2, -0.15) is 0 Å². The number of carbonyl (C=O) groups excluding carboxylic acids is 2. The summed E-state index contributed by atoms with van der Waals surface area (Å²) in [6, 6.07) is 0. The molecule has 22 heavy (non-hydrogen) atoms. The zero-order chi connectivity index (χ0) is 16.1. The van der Waals surface area contributed by atoms with Crippen LogP contribution < -0.4 is 0 Å². The molecule has 2 aliphatic carbocycles. The topological polar surface area (TPSA) is 113 Å². The van der Waals surface area contributed by atoms with E-state index in [9.17, 15) is 24.9 Å². The number of carbonyl (C=O) groups is 2. The average molecular weight is 312 g/mol. The van der Waals surface area contributed by atoms with Gasteiger partial charge in [0, 0.05) is 5.41 Å². The van der Waals surface area contributed by atoms with E-state index < -0.39 is 46.2 Å². The number of hydrogen-bond donors (Lipinski definition) is 3. The summed E-state index contributed by atoms with van der Waals surface area (Å²) in [6.45, 7) is 3.30. The van der Waals surface area contributed by atoms with Gasteiger partial charge in [-0.3, -0.25) is 0 Å². The molecule has 0 radical (unpaired) electrons. The largest absolute Gasteiger partial charge is 0.463 e. The second-order valence-electron chi connectivity index (χ2n) is 7.55. The molecule has 0 unspecified atom stereocenters. The van der Waals surface area contributed by atoms with E-state index in [1.165, 1.54) is 0 Å². The Morgan fingerprint density at radius 3 is 2.64 bits per heavy atom. The highest BCUT2D eigenvalue weighted by atomic mass is 16.6. The molecule has 7 heteroatoms. The Labute approximate surface area is 127 Å². The van der Waals surface area contributed by atoms with Gasteiger partial charge in [0.2, 0.25) is 5.60 Å². The van der Waals surface area contributed by atoms with E-state index in [1.807, 2.05) is 6.92 Å². The van der Waals surface area contributed by atoms with Crippen LogP contribution in [0.25, 0.3) is 0 Å². The van der Waals surface area contributed by atoms with Crippen molar-refractivity contribution in [3.05, 3.63) is 0 Å². The molecule has 1 spiro atoms. The molecule has 4 aliphatic rings. The predicted octanol–water partition coefficient (Wildman–Crippen LogP) is -0.882. The number of ether oxygens (including phenoxy) is 2. The van der Waals surface area contributed by atoms with Crippen LogP contribution in [-0.2, 0) is 19.1 Å². The summed E-state index contributed by atoms with van der Waals surface area (Å²) in [5.41, 5.74) is -6.10. The van der Waals surface area contributed by atoms with Crippen molar-refractivity contribution < 1.29 is 34.4 Å². The molecular weight excluding hydrogens is 292 g/mol. The molecule has 0 aromatic heterocycles. The van der Waals surface area contributed by atoms with Gasteiger partial charge in [0.25, 0.3) is 0 Å². The predicted molar refractivity (Wildman–Crippen MR) is 70.3 cm³/mol. The maximum Gasteiger partial charge on any atom is 0.342 e. The van der Waals surface area contributed by atoms with Gasteiger partial charge in [-0.25, -0.2) is 9.59 Å². The van der Waals surface area contributed by atoms with Crippen molar-refractivity contribution in [2.45, 2.75) is 56.5 Å². The maximum absolute atomic E-state index is 12.2. The molecule has 3 N–H and O–H groups in total. The molecule has 2 bridgehead atoms. The molecular formula is C15H20O7. The number of fused-ring (bicyclic) bond motifs is 4. The van der Waals surface area contributed by atoms with Crippen molar-refractivity contribution in [1.82, 2.24) is 0 Å². The molecule has 2 aliphatic heterocycles. The lowest BCUT2D eigenvalue weighted by molar-refractivity contribution is -0.320. The summed E-state index contributed by atoms with van der Waals surface area (Å²) in [4.78, 5) is 24.3. The fraction of sp³-hybridized carbons (Fsp3) is 0.867. The first-order chi connectivity index (χ1) is 10.1. The number of aliphatic hydroxyl groups is 3. The lowest BCUT2D eigenvalue weighted by Gasteiger charge is -2.64. The van der Waals surface area contributed by atoms with Crippen LogP contribution in [0.4, 0.5) is 0 Å². The summed E-state index contributed by atoms with van der Waals surface area (Å²) in [7, 11) is 0. The third kappa shape index (κ3) is 1.07. The molecule has 2 saturated carbocycles. The van der Waals surface area contributed by atoms with E-state index in [0.29, 0.717) is 12.8 Å². The summed E-state index contributed by atoms with van der Waals surface area (Å²) in [5, 5.41) is 33.1. The van der Waals surface area contributed by atoms with Crippen molar-refractivity contribution in [3.63, 3.8) is 0 Å². The van der Waals surface area contributed by atoms with Crippen LogP contribution in [0.1, 0.15) is 33.1 Å². The van der Waals surface area contributed by atoms with Crippen LogP contribution in [0.3, 0.4) is 0 Å². The van der Waals surface area contributed by atoms with Crippen molar-refractivity contribution in [1.29, 1.82) is 0 Å². The maximum atomic E-state index is 12.2. The van der Waals surface area contributed by atoms with Gasteiger partial charge in [-0.15, -0.1) is 0 Å². The van der Waals surface area contributed by atoms with Crippen LogP contribution >= 0.6 is 0 Å². The van der Waals surface area contributed by atoms with Crippen LogP contribution in [0.2, 0.25) is 0 Å². The fourth-order valence-corrected chi connectivity index (χ4v) is 5.66. The minimum atomic E-state index is -2.08. The van der Waals surface area contributed by atoms with E-state index in [2.05, 4.69) is 0 Å². The van der Waals surface area contributed by atoms with Crippen molar-refractivity contribution in [2.24, 2.45) is 16.7 Å². The number of esters is 2. The summed E-state index contributed by atoms with van der Waals surface area (Å²) in [6.07, 6.45) is -1.64. The molecule has 0 aromatic carbocycles. The summed E-state index contributed by atoms with van der Waals surface area (Å²) >= 11 is 0. The summed E-state index contributed by atoms with van der Waals surface area (Å²) < 4.78 is 10.2. The second-order valence-corrected chi connectivity index (χ2v) is 7.55. The number of hydrogen-bond acceptors (Lipinski definition) is 7. The van der Waals surface area contributed by atoms with Gasteiger partial charge in [-0.1, -0.05) is 6.92 Å². The quantitative estimate of drug-likeness (QED) is 0.498. The van der Waals surface area contributed by atoms with Gasteiger partial charge >= 0.3 is 11.9 Å². The Morgan fingerprint density at radius 1 is 1.27 bits per heavy atom. The smallest absolute Gasteiger partial charge is 0.342 e. The van der Waals surface area contributed by atoms with Crippen LogP contribution in [0.15, 0.2) is 0 Å². The monoisotopic (exact) mass is 312 g/mol. The first-order valence-corrected chi connectivity index (χ1v) is 7.66. The molecule has 0 aromatic rings. The van der Waals surface area contributed by atoms with Crippen LogP contribution in [0.5, 0.6) is 0 Å². The van der Waals surface area contributed by atoms with E-state index in [1.54, 1.807) is 6.92 Å². The van der Waals surface area contributed by atoms with Gasteiger partial charge in [0.15, 0.2) is 6.10 Å². The Morgan fingerprint density at radius 2 is 1.95 bits per heavy atom. The Hall–Kier alpha value is -1.18. The van der Waals surface area contributed by atoms with Crippen molar-refractivity contribution in [2.75, 3.05) is 6.61 Å². The molecule has 7 nitrogen and oxygen atoms in total. The van der Waals surface area contributed by atoms with Crippen LogP contribution in [-0.4, -0.2) is 57.3 Å². The van der Waals surface area contributed by atoms with E-state index in [-0.39, 0.29) is 18.9 Å². The highest BCUT2D eigenvalue weighted by molar-refractivity contribution is 5.87. The Bertz CT molecular complexity index is 590. The number of rotatable bonds is 0. The second kappa shape index (κ2) is 3.66. The number of cyclic esters (lactones) is 1. The minimum absolute atomic E-state index is 0.0543. The van der Waals surface area contributed by atoms with Gasteiger partial charge in [-0.05, 0) is 32.1 Å². The molecule has 4 fully saturated rings. The Kier molecular flexibility index (Phi) is 2.40. The minimum Gasteiger partial charge on any atom is -0.463 e. The molecule has 4 rings (SSSR count). The number of aliphatic hydroxyl groups excluding tert-OH is 1. The average Bonchev–Trinajstić information content (AvgIpc) is 2.87.